The molecular weight excluding hydrogens is 408 g/mol. The van der Waals surface area contributed by atoms with Gasteiger partial charge in [0.1, 0.15) is 6.10 Å². The summed E-state index contributed by atoms with van der Waals surface area (Å²) in [7, 11) is 0. The molecule has 1 fully saturated rings. The van der Waals surface area contributed by atoms with Crippen molar-refractivity contribution < 1.29 is 29.6 Å². The third-order valence-corrected chi connectivity index (χ3v) is 6.79. The van der Waals surface area contributed by atoms with E-state index in [0.29, 0.717) is 30.4 Å². The second-order valence-electron chi connectivity index (χ2n) is 8.57. The molecule has 1 aliphatic heterocycles. The van der Waals surface area contributed by atoms with Gasteiger partial charge in [-0.05, 0) is 42.7 Å². The zero-order valence-corrected chi connectivity index (χ0v) is 17.8. The summed E-state index contributed by atoms with van der Waals surface area (Å²) in [4.78, 5) is 26.6. The van der Waals surface area contributed by atoms with Crippen molar-refractivity contribution in [2.45, 2.75) is 42.8 Å². The number of carboxylic acid groups (broad SMARTS) is 1. The van der Waals surface area contributed by atoms with Crippen LogP contribution in [0.15, 0.2) is 66.7 Å². The topological polar surface area (TPSA) is 104 Å². The number of allylic oxidation sites excluding steroid dienone is 2. The van der Waals surface area contributed by atoms with Gasteiger partial charge in [-0.1, -0.05) is 66.7 Å². The second kappa shape index (κ2) is 8.98. The van der Waals surface area contributed by atoms with Crippen molar-refractivity contribution in [2.75, 3.05) is 13.2 Å². The predicted octanol–water partition coefficient (Wildman–Crippen LogP) is 2.97. The van der Waals surface area contributed by atoms with Crippen molar-refractivity contribution >= 4 is 17.3 Å². The summed E-state index contributed by atoms with van der Waals surface area (Å²) in [6, 6.07) is 18.3. The van der Waals surface area contributed by atoms with E-state index in [1.165, 1.54) is 0 Å². The number of Topliss-reactive ketones (excluding diaryl/α,β-unsaturated/α-hetero) is 1. The Hall–Kier alpha value is -2.80. The molecule has 0 bridgehead atoms. The number of hydrogen-bond acceptors (Lipinski definition) is 5. The molecule has 2 aliphatic rings. The van der Waals surface area contributed by atoms with Crippen LogP contribution in [0.4, 0.5) is 0 Å². The molecule has 1 unspecified atom stereocenters. The lowest BCUT2D eigenvalue weighted by Crippen LogP contribution is -2.65. The van der Waals surface area contributed by atoms with E-state index in [0.717, 1.165) is 5.56 Å². The number of ketones is 1. The number of aliphatic hydroxyl groups excluding tert-OH is 1. The predicted molar refractivity (Wildman–Crippen MR) is 119 cm³/mol. The quantitative estimate of drug-likeness (QED) is 0.617. The lowest BCUT2D eigenvalue weighted by Gasteiger charge is -2.49. The van der Waals surface area contributed by atoms with Crippen molar-refractivity contribution in [2.24, 2.45) is 5.92 Å². The van der Waals surface area contributed by atoms with Crippen LogP contribution < -0.4 is 0 Å². The van der Waals surface area contributed by atoms with Crippen LogP contribution in [0.5, 0.6) is 0 Å². The average molecular weight is 437 g/mol. The summed E-state index contributed by atoms with van der Waals surface area (Å²) in [5, 5.41) is 30.9. The molecular formula is C26H28O6. The highest BCUT2D eigenvalue weighted by atomic mass is 16.5. The molecule has 4 atom stereocenters. The van der Waals surface area contributed by atoms with Gasteiger partial charge in [-0.2, -0.15) is 0 Å². The Morgan fingerprint density at radius 2 is 1.72 bits per heavy atom. The first kappa shape index (κ1) is 22.4. The number of carbonyl (C=O) groups is 2. The van der Waals surface area contributed by atoms with Gasteiger partial charge >= 0.3 is 5.97 Å². The molecule has 32 heavy (non-hydrogen) atoms. The molecule has 168 valence electrons. The average Bonchev–Trinajstić information content (AvgIpc) is 3.11. The maximum absolute atomic E-state index is 14.3. The molecule has 6 heteroatoms. The monoisotopic (exact) mass is 436 g/mol. The van der Waals surface area contributed by atoms with Gasteiger partial charge in [-0.15, -0.1) is 0 Å². The van der Waals surface area contributed by atoms with Crippen LogP contribution in [0.2, 0.25) is 0 Å². The molecule has 0 saturated carbocycles. The molecule has 1 aliphatic carbocycles. The standard InChI is InChI=1S/C26H28O6/c27-15-7-13-20-17-21(18-9-3-1-4-10-18)22(28)26(20,19-11-5-2-6-12-19)23-25(31,24(29)30)14-8-16-32-23/h1-6,9-12,17,20,23,27,31H,7-8,13-16H2,(H,29,30)/t20?,23-,25-,26+/m0/s1. The van der Waals surface area contributed by atoms with Gasteiger partial charge in [0.05, 0.1) is 5.41 Å². The van der Waals surface area contributed by atoms with E-state index in [-0.39, 0.29) is 25.4 Å². The first-order valence-electron chi connectivity index (χ1n) is 11.0. The fraction of sp³-hybridized carbons (Fsp3) is 0.385. The molecule has 0 spiro atoms. The third-order valence-electron chi connectivity index (χ3n) is 6.79. The largest absolute Gasteiger partial charge is 0.479 e. The van der Waals surface area contributed by atoms with Gasteiger partial charge in [0.2, 0.25) is 0 Å². The van der Waals surface area contributed by atoms with Crippen LogP contribution in [0, 0.1) is 5.92 Å². The van der Waals surface area contributed by atoms with Crippen LogP contribution in [-0.4, -0.2) is 52.0 Å². The van der Waals surface area contributed by atoms with Crippen molar-refractivity contribution in [3.63, 3.8) is 0 Å². The minimum absolute atomic E-state index is 0.00224. The molecule has 4 rings (SSSR count). The van der Waals surface area contributed by atoms with Crippen molar-refractivity contribution in [3.8, 4) is 0 Å². The van der Waals surface area contributed by atoms with E-state index in [1.54, 1.807) is 24.3 Å². The summed E-state index contributed by atoms with van der Waals surface area (Å²) < 4.78 is 6.01. The Balaban J connectivity index is 1.96. The highest BCUT2D eigenvalue weighted by molar-refractivity contribution is 6.28. The fourth-order valence-electron chi connectivity index (χ4n) is 5.33. The number of carboxylic acids is 1. The van der Waals surface area contributed by atoms with Crippen molar-refractivity contribution in [1.29, 1.82) is 0 Å². The smallest absolute Gasteiger partial charge is 0.338 e. The summed E-state index contributed by atoms with van der Waals surface area (Å²) in [5.74, 6) is -2.10. The van der Waals surface area contributed by atoms with Crippen LogP contribution in [0.1, 0.15) is 36.8 Å². The van der Waals surface area contributed by atoms with E-state index in [9.17, 15) is 24.9 Å². The highest BCUT2D eigenvalue weighted by Gasteiger charge is 2.65. The number of benzene rings is 2. The summed E-state index contributed by atoms with van der Waals surface area (Å²) in [6.45, 7) is 0.203. The summed E-state index contributed by atoms with van der Waals surface area (Å²) in [5.41, 5.74) is -1.80. The molecule has 6 nitrogen and oxygen atoms in total. The Bertz CT molecular complexity index is 1000. The SMILES string of the molecule is O=C(O)[C@]1(O)CCCO[C@@H]1[C@@]1(c2ccccc2)C(=O)C(c2ccccc2)=CC1CCCO. The lowest BCUT2D eigenvalue weighted by molar-refractivity contribution is -0.204. The first-order chi connectivity index (χ1) is 15.5. The van der Waals surface area contributed by atoms with Crippen LogP contribution in [0.3, 0.4) is 0 Å². The Morgan fingerprint density at radius 1 is 1.06 bits per heavy atom. The fourth-order valence-corrected chi connectivity index (χ4v) is 5.33. The molecule has 0 aromatic heterocycles. The van der Waals surface area contributed by atoms with Gasteiger partial charge in [0, 0.05) is 18.8 Å². The van der Waals surface area contributed by atoms with Gasteiger partial charge in [0.25, 0.3) is 0 Å². The number of aliphatic carboxylic acids is 1. The van der Waals surface area contributed by atoms with E-state index in [2.05, 4.69) is 0 Å². The van der Waals surface area contributed by atoms with Gasteiger partial charge in [-0.25, -0.2) is 4.79 Å². The summed E-state index contributed by atoms with van der Waals surface area (Å²) >= 11 is 0. The van der Waals surface area contributed by atoms with Gasteiger partial charge in [-0.3, -0.25) is 4.79 Å². The highest BCUT2D eigenvalue weighted by Crippen LogP contribution is 2.53. The van der Waals surface area contributed by atoms with Crippen LogP contribution >= 0.6 is 0 Å². The van der Waals surface area contributed by atoms with Crippen molar-refractivity contribution in [3.05, 3.63) is 77.9 Å². The zero-order chi connectivity index (χ0) is 22.8. The van der Waals surface area contributed by atoms with E-state index >= 15 is 0 Å². The molecule has 2 aromatic rings. The number of hydrogen-bond donors (Lipinski definition) is 3. The van der Waals surface area contributed by atoms with Gasteiger partial charge < -0.3 is 20.1 Å². The lowest BCUT2D eigenvalue weighted by atomic mass is 9.60. The zero-order valence-electron chi connectivity index (χ0n) is 17.8. The normalized spacial score (nSPS) is 30.2. The second-order valence-corrected chi connectivity index (χ2v) is 8.57. The number of aliphatic hydroxyl groups is 2. The molecule has 3 N–H and O–H groups in total. The van der Waals surface area contributed by atoms with E-state index in [1.807, 2.05) is 42.5 Å². The third kappa shape index (κ3) is 3.48. The number of carbonyl (C=O) groups excluding carboxylic acids is 1. The van der Waals surface area contributed by atoms with Crippen LogP contribution in [0.25, 0.3) is 5.57 Å². The Labute approximate surface area is 187 Å². The maximum Gasteiger partial charge on any atom is 0.338 e. The molecule has 2 aromatic carbocycles. The van der Waals surface area contributed by atoms with E-state index in [4.69, 9.17) is 4.74 Å². The van der Waals surface area contributed by atoms with E-state index < -0.39 is 29.0 Å². The molecule has 1 saturated heterocycles. The number of ether oxygens (including phenoxy) is 1. The first-order valence-corrected chi connectivity index (χ1v) is 11.0. The van der Waals surface area contributed by atoms with Crippen LogP contribution in [-0.2, 0) is 19.7 Å². The molecule has 0 radical (unpaired) electrons. The minimum Gasteiger partial charge on any atom is -0.479 e. The Morgan fingerprint density at radius 3 is 2.34 bits per heavy atom. The molecule has 1 heterocycles. The Kier molecular flexibility index (Phi) is 6.29. The van der Waals surface area contributed by atoms with Crippen molar-refractivity contribution in [1.82, 2.24) is 0 Å². The maximum atomic E-state index is 14.3. The summed E-state index contributed by atoms with van der Waals surface area (Å²) in [6.07, 6.45) is 1.88. The minimum atomic E-state index is -2.21. The molecule has 0 amide bonds. The number of rotatable bonds is 7. The van der Waals surface area contributed by atoms with Gasteiger partial charge in [0.15, 0.2) is 11.4 Å².